The number of hydrogen-bond acceptors (Lipinski definition) is 9. The van der Waals surface area contributed by atoms with E-state index < -0.39 is 0 Å². The molecular weight excluding hydrogens is 450 g/mol. The molecule has 0 atom stereocenters. The van der Waals surface area contributed by atoms with Crippen molar-refractivity contribution in [3.63, 3.8) is 0 Å². The van der Waals surface area contributed by atoms with E-state index in [1.807, 2.05) is 30.3 Å². The predicted molar refractivity (Wildman–Crippen MR) is 120 cm³/mol. The summed E-state index contributed by atoms with van der Waals surface area (Å²) in [6.07, 6.45) is 4.87. The number of aromatic nitrogens is 5. The Balaban J connectivity index is 1.26. The topological polar surface area (TPSA) is 123 Å². The Morgan fingerprint density at radius 2 is 2.00 bits per heavy atom. The van der Waals surface area contributed by atoms with Gasteiger partial charge in [-0.25, -0.2) is 0 Å². The van der Waals surface area contributed by atoms with Gasteiger partial charge in [0.2, 0.25) is 11.1 Å². The molecular formula is C20H17N7O3S2. The molecule has 162 valence electrons. The van der Waals surface area contributed by atoms with Gasteiger partial charge in [-0.2, -0.15) is 4.68 Å². The Morgan fingerprint density at radius 1 is 1.16 bits per heavy atom. The summed E-state index contributed by atoms with van der Waals surface area (Å²) in [4.78, 5) is 42.3. The first-order valence-corrected chi connectivity index (χ1v) is 11.3. The summed E-state index contributed by atoms with van der Waals surface area (Å²) in [5.74, 6) is -0.541. The zero-order valence-electron chi connectivity index (χ0n) is 16.6. The monoisotopic (exact) mass is 467 g/mol. The number of benzene rings is 1. The van der Waals surface area contributed by atoms with Crippen molar-refractivity contribution in [1.29, 1.82) is 0 Å². The maximum Gasteiger partial charge on any atom is 0.293 e. The van der Waals surface area contributed by atoms with Crippen LogP contribution >= 0.6 is 23.5 Å². The van der Waals surface area contributed by atoms with Gasteiger partial charge in [0.25, 0.3) is 11.1 Å². The van der Waals surface area contributed by atoms with Crippen molar-refractivity contribution in [3.05, 3.63) is 65.3 Å². The number of nitrogens with zero attached hydrogens (tertiary/aromatic N) is 6. The van der Waals surface area contributed by atoms with E-state index in [0.29, 0.717) is 10.1 Å². The van der Waals surface area contributed by atoms with Crippen molar-refractivity contribution in [2.45, 2.75) is 5.16 Å². The zero-order valence-corrected chi connectivity index (χ0v) is 18.3. The van der Waals surface area contributed by atoms with Crippen LogP contribution in [-0.2, 0) is 9.59 Å². The number of nitrogens with one attached hydrogen (secondary N) is 1. The van der Waals surface area contributed by atoms with Crippen molar-refractivity contribution in [2.75, 3.05) is 18.8 Å². The minimum atomic E-state index is -0.380. The summed E-state index contributed by atoms with van der Waals surface area (Å²) in [5, 5.41) is 14.4. The highest BCUT2D eigenvalue weighted by Crippen LogP contribution is 2.31. The lowest BCUT2D eigenvalue weighted by Gasteiger charge is -2.12. The third kappa shape index (κ3) is 5.21. The largest absolute Gasteiger partial charge is 0.354 e. The zero-order chi connectivity index (χ0) is 22.3. The third-order valence-corrected chi connectivity index (χ3v) is 6.11. The molecule has 3 heterocycles. The first-order valence-electron chi connectivity index (χ1n) is 9.50. The second-order valence-corrected chi connectivity index (χ2v) is 8.40. The Bertz CT molecular complexity index is 1150. The number of rotatable bonds is 8. The van der Waals surface area contributed by atoms with Crippen molar-refractivity contribution < 1.29 is 14.4 Å². The molecule has 0 aliphatic carbocycles. The Labute approximate surface area is 191 Å². The van der Waals surface area contributed by atoms with Crippen LogP contribution in [0, 0.1) is 0 Å². The second kappa shape index (κ2) is 10.2. The van der Waals surface area contributed by atoms with Crippen LogP contribution in [-0.4, -0.2) is 66.0 Å². The van der Waals surface area contributed by atoms with Crippen molar-refractivity contribution in [3.8, 4) is 5.69 Å². The highest BCUT2D eigenvalue weighted by atomic mass is 32.2. The normalized spacial score (nSPS) is 14.9. The molecule has 12 heteroatoms. The van der Waals surface area contributed by atoms with Gasteiger partial charge in [0.15, 0.2) is 0 Å². The van der Waals surface area contributed by atoms with E-state index in [-0.39, 0.29) is 35.9 Å². The fourth-order valence-corrected chi connectivity index (χ4v) is 4.38. The second-order valence-electron chi connectivity index (χ2n) is 6.47. The lowest BCUT2D eigenvalue weighted by molar-refractivity contribution is -0.123. The minimum absolute atomic E-state index is 0.0905. The standard InChI is InChI=1S/C20H17N7O3S2/c28-17(13-31-19-23-24-25-27(19)15-6-2-1-3-7-15)22-9-10-26-18(29)16(32-20(26)30)11-14-5-4-8-21-12-14/h1-8,11-12H,9-10,13H2,(H,22,28). The fourth-order valence-electron chi connectivity index (χ4n) is 2.79. The average Bonchev–Trinajstić information content (AvgIpc) is 3.39. The molecule has 0 unspecified atom stereocenters. The highest BCUT2D eigenvalue weighted by molar-refractivity contribution is 8.18. The van der Waals surface area contributed by atoms with Crippen LogP contribution in [0.15, 0.2) is 64.9 Å². The van der Waals surface area contributed by atoms with Gasteiger partial charge < -0.3 is 5.32 Å². The molecule has 0 radical (unpaired) electrons. The lowest BCUT2D eigenvalue weighted by atomic mass is 10.2. The molecule has 2 aromatic heterocycles. The van der Waals surface area contributed by atoms with Gasteiger partial charge in [-0.15, -0.1) is 5.10 Å². The van der Waals surface area contributed by atoms with Crippen molar-refractivity contribution in [1.82, 2.24) is 35.4 Å². The van der Waals surface area contributed by atoms with Gasteiger partial charge >= 0.3 is 0 Å². The van der Waals surface area contributed by atoms with E-state index in [2.05, 4.69) is 25.8 Å². The van der Waals surface area contributed by atoms with Crippen LogP contribution in [0.5, 0.6) is 0 Å². The van der Waals surface area contributed by atoms with Crippen LogP contribution in [0.2, 0.25) is 0 Å². The van der Waals surface area contributed by atoms with Gasteiger partial charge in [0, 0.05) is 25.5 Å². The molecule has 4 rings (SSSR count). The number of thioether (sulfide) groups is 2. The van der Waals surface area contributed by atoms with Gasteiger partial charge in [-0.05, 0) is 52.0 Å². The number of para-hydroxylation sites is 1. The predicted octanol–water partition coefficient (Wildman–Crippen LogP) is 2.00. The molecule has 3 aromatic rings. The van der Waals surface area contributed by atoms with Crippen LogP contribution < -0.4 is 5.32 Å². The van der Waals surface area contributed by atoms with Crippen LogP contribution in [0.25, 0.3) is 11.8 Å². The molecule has 0 saturated carbocycles. The number of tetrazole rings is 1. The molecule has 10 nitrogen and oxygen atoms in total. The molecule has 1 aliphatic heterocycles. The maximum atomic E-state index is 12.5. The summed E-state index contributed by atoms with van der Waals surface area (Å²) in [7, 11) is 0. The maximum absolute atomic E-state index is 12.5. The first-order chi connectivity index (χ1) is 15.6. The van der Waals surface area contributed by atoms with E-state index in [4.69, 9.17) is 0 Å². The molecule has 3 amide bonds. The quantitative estimate of drug-likeness (QED) is 0.391. The summed E-state index contributed by atoms with van der Waals surface area (Å²) in [6.45, 7) is 0.244. The van der Waals surface area contributed by atoms with E-state index in [9.17, 15) is 14.4 Å². The SMILES string of the molecule is O=C(CSc1nnnn1-c1ccccc1)NCCN1C(=O)SC(=Cc2cccnc2)C1=O. The van der Waals surface area contributed by atoms with Crippen molar-refractivity contribution >= 4 is 46.7 Å². The summed E-state index contributed by atoms with van der Waals surface area (Å²) < 4.78 is 1.55. The van der Waals surface area contributed by atoms with Gasteiger partial charge in [0.05, 0.1) is 16.3 Å². The van der Waals surface area contributed by atoms with Gasteiger partial charge in [-0.1, -0.05) is 36.0 Å². The molecule has 0 bridgehead atoms. The number of carbonyl (C=O) groups excluding carboxylic acids is 3. The van der Waals surface area contributed by atoms with Gasteiger partial charge in [-0.3, -0.25) is 24.3 Å². The fraction of sp³-hybridized carbons (Fsp3) is 0.150. The molecule has 1 aliphatic rings. The summed E-state index contributed by atoms with van der Waals surface area (Å²) in [5.41, 5.74) is 1.53. The van der Waals surface area contributed by atoms with E-state index >= 15 is 0 Å². The average molecular weight is 468 g/mol. The molecule has 32 heavy (non-hydrogen) atoms. The van der Waals surface area contributed by atoms with Crippen LogP contribution in [0.1, 0.15) is 5.56 Å². The summed E-state index contributed by atoms with van der Waals surface area (Å²) in [6, 6.07) is 12.9. The van der Waals surface area contributed by atoms with Crippen LogP contribution in [0.4, 0.5) is 4.79 Å². The molecule has 1 fully saturated rings. The third-order valence-electron chi connectivity index (χ3n) is 4.29. The highest BCUT2D eigenvalue weighted by Gasteiger charge is 2.34. The number of imide groups is 1. The Hall–Kier alpha value is -3.51. The number of amides is 3. The lowest BCUT2D eigenvalue weighted by Crippen LogP contribution is -2.37. The molecule has 1 N–H and O–H groups in total. The molecule has 1 aromatic carbocycles. The van der Waals surface area contributed by atoms with Crippen LogP contribution in [0.3, 0.4) is 0 Å². The van der Waals surface area contributed by atoms with E-state index in [1.54, 1.807) is 35.3 Å². The Morgan fingerprint density at radius 3 is 2.78 bits per heavy atom. The first kappa shape index (κ1) is 21.7. The Kier molecular flexibility index (Phi) is 6.92. The number of carbonyl (C=O) groups is 3. The summed E-state index contributed by atoms with van der Waals surface area (Å²) >= 11 is 2.06. The molecule has 1 saturated heterocycles. The number of hydrogen-bond donors (Lipinski definition) is 1. The van der Waals surface area contributed by atoms with Gasteiger partial charge in [0.1, 0.15) is 0 Å². The van der Waals surface area contributed by atoms with Crippen molar-refractivity contribution in [2.24, 2.45) is 0 Å². The smallest absolute Gasteiger partial charge is 0.293 e. The molecule has 0 spiro atoms. The minimum Gasteiger partial charge on any atom is -0.354 e. The van der Waals surface area contributed by atoms with E-state index in [1.165, 1.54) is 11.8 Å². The number of pyridine rings is 1. The van der Waals surface area contributed by atoms with E-state index in [0.717, 1.165) is 27.9 Å².